The molecule has 1 saturated heterocycles. The molecule has 2 amide bonds. The highest BCUT2D eigenvalue weighted by Crippen LogP contribution is 2.39. The van der Waals surface area contributed by atoms with Gasteiger partial charge in [0.15, 0.2) is 11.5 Å². The van der Waals surface area contributed by atoms with Crippen LogP contribution in [0.15, 0.2) is 29.0 Å². The first-order chi connectivity index (χ1) is 16.1. The van der Waals surface area contributed by atoms with Crippen LogP contribution in [0, 0.1) is 0 Å². The van der Waals surface area contributed by atoms with Crippen LogP contribution in [0.25, 0.3) is 0 Å². The largest absolute Gasteiger partial charge is 0.490 e. The Labute approximate surface area is 199 Å². The molecular formula is C24H33N3O5S. The molecular weight excluding hydrogens is 442 g/mol. The molecule has 0 radical (unpaired) electrons. The third-order valence-corrected chi connectivity index (χ3v) is 6.00. The lowest BCUT2D eigenvalue weighted by molar-refractivity contribution is 0.0637. The van der Waals surface area contributed by atoms with Crippen LogP contribution >= 0.6 is 11.3 Å². The molecule has 0 saturated carbocycles. The number of benzene rings is 1. The number of amides is 2. The van der Waals surface area contributed by atoms with Gasteiger partial charge in [-0.1, -0.05) is 0 Å². The Morgan fingerprint density at radius 1 is 0.939 bits per heavy atom. The molecule has 8 nitrogen and oxygen atoms in total. The summed E-state index contributed by atoms with van der Waals surface area (Å²) in [6.07, 6.45) is 0. The molecule has 0 aliphatic carbocycles. The van der Waals surface area contributed by atoms with Gasteiger partial charge in [0.2, 0.25) is 5.75 Å². The summed E-state index contributed by atoms with van der Waals surface area (Å²) in [7, 11) is 0. The topological polar surface area (TPSA) is 80.3 Å². The second kappa shape index (κ2) is 12.5. The van der Waals surface area contributed by atoms with E-state index in [1.54, 1.807) is 12.1 Å². The minimum absolute atomic E-state index is 0.0456. The lowest BCUT2D eigenvalue weighted by Crippen LogP contribution is -2.50. The van der Waals surface area contributed by atoms with Gasteiger partial charge in [-0.2, -0.15) is 11.3 Å². The van der Waals surface area contributed by atoms with Gasteiger partial charge in [0.05, 0.1) is 19.8 Å². The average Bonchev–Trinajstić information content (AvgIpc) is 3.36. The number of nitrogens with one attached hydrogen (secondary N) is 1. The molecule has 0 unspecified atom stereocenters. The van der Waals surface area contributed by atoms with Crippen molar-refractivity contribution in [2.24, 2.45) is 0 Å². The van der Waals surface area contributed by atoms with Gasteiger partial charge in [-0.25, -0.2) is 0 Å². The van der Waals surface area contributed by atoms with E-state index in [0.29, 0.717) is 67.8 Å². The first kappa shape index (κ1) is 24.9. The van der Waals surface area contributed by atoms with Crippen LogP contribution in [0.5, 0.6) is 17.2 Å². The fourth-order valence-electron chi connectivity index (χ4n) is 3.69. The van der Waals surface area contributed by atoms with Crippen molar-refractivity contribution in [3.63, 3.8) is 0 Å². The third kappa shape index (κ3) is 6.61. The van der Waals surface area contributed by atoms with Crippen LogP contribution in [0.2, 0.25) is 0 Å². The van der Waals surface area contributed by atoms with E-state index in [1.807, 2.05) is 42.5 Å². The molecule has 1 aliphatic rings. The number of ether oxygens (including phenoxy) is 3. The lowest BCUT2D eigenvalue weighted by Gasteiger charge is -2.35. The van der Waals surface area contributed by atoms with E-state index >= 15 is 0 Å². The highest BCUT2D eigenvalue weighted by atomic mass is 32.1. The van der Waals surface area contributed by atoms with Gasteiger partial charge in [-0.05, 0) is 44.4 Å². The van der Waals surface area contributed by atoms with Crippen molar-refractivity contribution < 1.29 is 23.8 Å². The highest BCUT2D eigenvalue weighted by Gasteiger charge is 2.25. The van der Waals surface area contributed by atoms with E-state index in [4.69, 9.17) is 14.2 Å². The first-order valence-electron chi connectivity index (χ1n) is 11.5. The van der Waals surface area contributed by atoms with Crippen LogP contribution in [0.4, 0.5) is 0 Å². The molecule has 33 heavy (non-hydrogen) atoms. The second-order valence-corrected chi connectivity index (χ2v) is 8.28. The quantitative estimate of drug-likeness (QED) is 0.538. The third-order valence-electron chi connectivity index (χ3n) is 5.31. The standard InChI is InChI=1S/C24H33N3O5S/c1-4-30-20-15-19(16-21(31-5-2)22(20)32-6-3)24(29)27-12-10-26(11-13-27)9-8-25-23(28)18-7-14-33-17-18/h7,14-17H,4-6,8-13H2,1-3H3,(H,25,28). The van der Waals surface area contributed by atoms with E-state index in [0.717, 1.165) is 19.6 Å². The number of hydrogen-bond acceptors (Lipinski definition) is 7. The molecule has 1 N–H and O–H groups in total. The minimum Gasteiger partial charge on any atom is -0.490 e. The van der Waals surface area contributed by atoms with Gasteiger partial charge >= 0.3 is 0 Å². The number of carbonyl (C=O) groups is 2. The molecule has 0 bridgehead atoms. The molecule has 1 fully saturated rings. The van der Waals surface area contributed by atoms with Crippen LogP contribution in [0.3, 0.4) is 0 Å². The minimum atomic E-state index is -0.0506. The molecule has 1 aliphatic heterocycles. The Morgan fingerprint density at radius 2 is 1.58 bits per heavy atom. The maximum absolute atomic E-state index is 13.2. The molecule has 2 heterocycles. The van der Waals surface area contributed by atoms with Gasteiger partial charge in [0.1, 0.15) is 0 Å². The molecule has 1 aromatic heterocycles. The molecule has 2 aromatic rings. The maximum Gasteiger partial charge on any atom is 0.254 e. The highest BCUT2D eigenvalue weighted by molar-refractivity contribution is 7.08. The van der Waals surface area contributed by atoms with Crippen molar-refractivity contribution in [2.45, 2.75) is 20.8 Å². The predicted molar refractivity (Wildman–Crippen MR) is 129 cm³/mol. The van der Waals surface area contributed by atoms with Crippen molar-refractivity contribution in [1.82, 2.24) is 15.1 Å². The van der Waals surface area contributed by atoms with Gasteiger partial charge in [0.25, 0.3) is 11.8 Å². The predicted octanol–water partition coefficient (Wildman–Crippen LogP) is 3.13. The number of nitrogens with zero attached hydrogens (tertiary/aromatic N) is 2. The molecule has 180 valence electrons. The van der Waals surface area contributed by atoms with Crippen LogP contribution in [-0.4, -0.2) is 80.7 Å². The van der Waals surface area contributed by atoms with Gasteiger partial charge in [-0.3, -0.25) is 14.5 Å². The van der Waals surface area contributed by atoms with E-state index in [9.17, 15) is 9.59 Å². The number of hydrogen-bond donors (Lipinski definition) is 1. The smallest absolute Gasteiger partial charge is 0.254 e. The first-order valence-corrected chi connectivity index (χ1v) is 12.4. The maximum atomic E-state index is 13.2. The molecule has 0 spiro atoms. The van der Waals surface area contributed by atoms with Gasteiger partial charge in [-0.15, -0.1) is 0 Å². The summed E-state index contributed by atoms with van der Waals surface area (Å²) >= 11 is 1.51. The van der Waals surface area contributed by atoms with Gasteiger partial charge < -0.3 is 24.4 Å². The van der Waals surface area contributed by atoms with E-state index in [1.165, 1.54) is 11.3 Å². The summed E-state index contributed by atoms with van der Waals surface area (Å²) in [4.78, 5) is 29.4. The Kier molecular flexibility index (Phi) is 9.38. The van der Waals surface area contributed by atoms with Crippen LogP contribution < -0.4 is 19.5 Å². The van der Waals surface area contributed by atoms with Gasteiger partial charge in [0, 0.05) is 55.8 Å². The van der Waals surface area contributed by atoms with Crippen LogP contribution in [-0.2, 0) is 0 Å². The summed E-state index contributed by atoms with van der Waals surface area (Å²) in [6, 6.07) is 5.30. The van der Waals surface area contributed by atoms with Crippen molar-refractivity contribution in [2.75, 3.05) is 59.1 Å². The molecule has 3 rings (SSSR count). The van der Waals surface area contributed by atoms with Crippen molar-refractivity contribution >= 4 is 23.2 Å². The molecule has 1 aromatic carbocycles. The molecule has 9 heteroatoms. The van der Waals surface area contributed by atoms with Crippen LogP contribution in [0.1, 0.15) is 41.5 Å². The Morgan fingerprint density at radius 3 is 2.12 bits per heavy atom. The number of piperazine rings is 1. The van der Waals surface area contributed by atoms with Crippen molar-refractivity contribution in [1.29, 1.82) is 0 Å². The molecule has 0 atom stereocenters. The summed E-state index contributed by atoms with van der Waals surface area (Å²) in [5.74, 6) is 1.48. The Hall–Kier alpha value is -2.78. The number of thiophene rings is 1. The fourth-order valence-corrected chi connectivity index (χ4v) is 4.33. The van der Waals surface area contributed by atoms with E-state index in [2.05, 4.69) is 10.2 Å². The summed E-state index contributed by atoms with van der Waals surface area (Å²) in [5.41, 5.74) is 1.23. The number of rotatable bonds is 11. The van der Waals surface area contributed by atoms with Crippen molar-refractivity contribution in [3.8, 4) is 17.2 Å². The Balaban J connectivity index is 1.57. The zero-order valence-corrected chi connectivity index (χ0v) is 20.4. The number of carbonyl (C=O) groups excluding carboxylic acids is 2. The normalized spacial score (nSPS) is 14.1. The average molecular weight is 476 g/mol. The summed E-state index contributed by atoms with van der Waals surface area (Å²) < 4.78 is 17.2. The van der Waals surface area contributed by atoms with E-state index in [-0.39, 0.29) is 11.8 Å². The summed E-state index contributed by atoms with van der Waals surface area (Å²) in [6.45, 7) is 11.2. The SMILES string of the molecule is CCOc1cc(C(=O)N2CCN(CCNC(=O)c3ccsc3)CC2)cc(OCC)c1OCC. The monoisotopic (exact) mass is 475 g/mol. The second-order valence-electron chi connectivity index (χ2n) is 7.50. The zero-order valence-electron chi connectivity index (χ0n) is 19.6. The zero-order chi connectivity index (χ0) is 23.6. The Bertz CT molecular complexity index is 884. The summed E-state index contributed by atoms with van der Waals surface area (Å²) in [5, 5.41) is 6.68. The van der Waals surface area contributed by atoms with Crippen molar-refractivity contribution in [3.05, 3.63) is 40.1 Å². The fraction of sp³-hybridized carbons (Fsp3) is 0.500. The lowest BCUT2D eigenvalue weighted by atomic mass is 10.1. The van der Waals surface area contributed by atoms with E-state index < -0.39 is 0 Å².